The fourth-order valence-electron chi connectivity index (χ4n) is 3.60. The molecule has 0 spiro atoms. The molecule has 5 nitrogen and oxygen atoms in total. The first-order chi connectivity index (χ1) is 13.0. The number of hydrogen-bond donors (Lipinski definition) is 2. The number of imidazole rings is 1. The Bertz CT molecular complexity index is 1140. The topological polar surface area (TPSA) is 62.7 Å². The summed E-state index contributed by atoms with van der Waals surface area (Å²) in [4.78, 5) is 20.3. The lowest BCUT2D eigenvalue weighted by atomic mass is 10.1. The van der Waals surface area contributed by atoms with Crippen molar-refractivity contribution in [2.75, 3.05) is 6.54 Å². The lowest BCUT2D eigenvalue weighted by Crippen LogP contribution is -2.25. The van der Waals surface area contributed by atoms with Gasteiger partial charge in [0.15, 0.2) is 0 Å². The molecule has 0 fully saturated rings. The molecule has 2 aromatic heterocycles. The van der Waals surface area contributed by atoms with Crippen molar-refractivity contribution in [2.24, 2.45) is 0 Å². The smallest absolute Gasteiger partial charge is 0.253 e. The third kappa shape index (κ3) is 3.18. The van der Waals surface area contributed by atoms with Gasteiger partial charge in [0.25, 0.3) is 5.91 Å². The maximum Gasteiger partial charge on any atom is 0.253 e. The highest BCUT2D eigenvalue weighted by molar-refractivity contribution is 6.08. The first kappa shape index (κ1) is 17.3. The molecule has 0 unspecified atom stereocenters. The van der Waals surface area contributed by atoms with Crippen LogP contribution in [0.3, 0.4) is 0 Å². The molecule has 0 aliphatic rings. The second-order valence-corrected chi connectivity index (χ2v) is 6.72. The average Bonchev–Trinajstić information content (AvgIpc) is 3.14. The van der Waals surface area contributed by atoms with Crippen LogP contribution in [-0.2, 0) is 6.54 Å². The van der Waals surface area contributed by atoms with Crippen molar-refractivity contribution >= 4 is 27.8 Å². The molecule has 2 heterocycles. The van der Waals surface area contributed by atoms with E-state index in [0.717, 1.165) is 41.0 Å². The van der Waals surface area contributed by atoms with Crippen molar-refractivity contribution in [3.8, 4) is 0 Å². The van der Waals surface area contributed by atoms with Gasteiger partial charge in [0.1, 0.15) is 11.6 Å². The van der Waals surface area contributed by atoms with Gasteiger partial charge in [0.2, 0.25) is 0 Å². The van der Waals surface area contributed by atoms with Crippen LogP contribution in [-0.4, -0.2) is 27.0 Å². The second kappa shape index (κ2) is 6.87. The summed E-state index contributed by atoms with van der Waals surface area (Å²) in [5, 5.41) is 3.56. The summed E-state index contributed by atoms with van der Waals surface area (Å²) in [6.45, 7) is 5.12. The molecule has 2 aromatic carbocycles. The first-order valence-corrected chi connectivity index (χ1v) is 9.02. The number of H-pyrrole nitrogens is 1. The van der Waals surface area contributed by atoms with E-state index in [1.54, 1.807) is 6.07 Å². The fourth-order valence-corrected chi connectivity index (χ4v) is 3.60. The van der Waals surface area contributed by atoms with Gasteiger partial charge >= 0.3 is 0 Å². The summed E-state index contributed by atoms with van der Waals surface area (Å²) in [7, 11) is 0. The minimum absolute atomic E-state index is 0.184. The largest absolute Gasteiger partial charge is 0.358 e. The Balaban J connectivity index is 1.44. The van der Waals surface area contributed by atoms with Crippen LogP contribution in [0, 0.1) is 19.7 Å². The number of halogens is 1. The molecule has 1 amide bonds. The highest BCUT2D eigenvalue weighted by atomic mass is 19.1. The molecule has 6 heteroatoms. The zero-order valence-electron chi connectivity index (χ0n) is 15.3. The molecule has 4 aromatic rings. The molecule has 27 heavy (non-hydrogen) atoms. The molecule has 0 saturated heterocycles. The van der Waals surface area contributed by atoms with E-state index in [2.05, 4.69) is 25.9 Å². The van der Waals surface area contributed by atoms with Crippen molar-refractivity contribution in [1.29, 1.82) is 0 Å². The zero-order chi connectivity index (χ0) is 19.0. The molecule has 0 atom stereocenters. The number of aryl methyl sites for hydroxylation is 3. The van der Waals surface area contributed by atoms with E-state index in [0.29, 0.717) is 17.5 Å². The van der Waals surface area contributed by atoms with E-state index in [4.69, 9.17) is 0 Å². The maximum absolute atomic E-state index is 13.6. The van der Waals surface area contributed by atoms with Crippen LogP contribution in [0.5, 0.6) is 0 Å². The maximum atomic E-state index is 13.6. The molecule has 4 rings (SSSR count). The number of rotatable bonds is 5. The Kier molecular flexibility index (Phi) is 4.39. The molecule has 0 aliphatic carbocycles. The van der Waals surface area contributed by atoms with E-state index in [1.165, 1.54) is 12.1 Å². The highest BCUT2D eigenvalue weighted by Crippen LogP contribution is 2.23. The lowest BCUT2D eigenvalue weighted by molar-refractivity contribution is 0.0954. The molecule has 0 saturated carbocycles. The Morgan fingerprint density at radius 1 is 1.22 bits per heavy atom. The van der Waals surface area contributed by atoms with Gasteiger partial charge in [-0.2, -0.15) is 0 Å². The lowest BCUT2D eigenvalue weighted by Gasteiger charge is -2.08. The highest BCUT2D eigenvalue weighted by Gasteiger charge is 2.16. The van der Waals surface area contributed by atoms with Gasteiger partial charge in [-0.25, -0.2) is 9.37 Å². The summed E-state index contributed by atoms with van der Waals surface area (Å²) in [5.41, 5.74) is 4.10. The van der Waals surface area contributed by atoms with E-state index in [-0.39, 0.29) is 11.7 Å². The molecular weight excluding hydrogens is 343 g/mol. The number of carbonyl (C=O) groups excluding carboxylic acids is 1. The quantitative estimate of drug-likeness (QED) is 0.524. The fraction of sp³-hybridized carbons (Fsp3) is 0.238. The van der Waals surface area contributed by atoms with Gasteiger partial charge < -0.3 is 14.9 Å². The minimum atomic E-state index is -0.349. The number of aromatic amines is 1. The molecule has 2 N–H and O–H groups in total. The Labute approximate surface area is 156 Å². The number of aromatic nitrogens is 3. The number of benzene rings is 2. The summed E-state index contributed by atoms with van der Waals surface area (Å²) in [6, 6.07) is 12.5. The van der Waals surface area contributed by atoms with E-state index in [1.807, 2.05) is 32.0 Å². The molecule has 0 aliphatic heterocycles. The summed E-state index contributed by atoms with van der Waals surface area (Å²) in [6.07, 6.45) is 0.780. The van der Waals surface area contributed by atoms with Crippen LogP contribution in [0.1, 0.15) is 28.3 Å². The summed E-state index contributed by atoms with van der Waals surface area (Å²) < 4.78 is 15.7. The predicted molar refractivity (Wildman–Crippen MR) is 104 cm³/mol. The van der Waals surface area contributed by atoms with Gasteiger partial charge in [-0.1, -0.05) is 12.1 Å². The van der Waals surface area contributed by atoms with Gasteiger partial charge in [0, 0.05) is 29.7 Å². The molecule has 0 bridgehead atoms. The van der Waals surface area contributed by atoms with Crippen molar-refractivity contribution in [3.05, 3.63) is 65.4 Å². The number of amides is 1. The number of para-hydroxylation sites is 2. The van der Waals surface area contributed by atoms with Crippen molar-refractivity contribution in [2.45, 2.75) is 26.8 Å². The average molecular weight is 364 g/mol. The minimum Gasteiger partial charge on any atom is -0.358 e. The number of fused-ring (bicyclic) bond motifs is 2. The monoisotopic (exact) mass is 364 g/mol. The van der Waals surface area contributed by atoms with Crippen LogP contribution < -0.4 is 5.32 Å². The second-order valence-electron chi connectivity index (χ2n) is 6.72. The van der Waals surface area contributed by atoms with Crippen LogP contribution in [0.25, 0.3) is 21.9 Å². The van der Waals surface area contributed by atoms with E-state index >= 15 is 0 Å². The van der Waals surface area contributed by atoms with Crippen molar-refractivity contribution in [1.82, 2.24) is 19.9 Å². The SMILES string of the molecule is Cc1[nH]c2ccc(F)cc2c1C(=O)NCCCn1c(C)nc2ccccc21. The number of hydrogen-bond acceptors (Lipinski definition) is 2. The van der Waals surface area contributed by atoms with Gasteiger partial charge in [-0.05, 0) is 50.6 Å². The van der Waals surface area contributed by atoms with Crippen LogP contribution >= 0.6 is 0 Å². The van der Waals surface area contributed by atoms with Gasteiger partial charge in [0.05, 0.1) is 16.6 Å². The number of carbonyl (C=O) groups is 1. The van der Waals surface area contributed by atoms with Crippen LogP contribution in [0.15, 0.2) is 42.5 Å². The van der Waals surface area contributed by atoms with E-state index < -0.39 is 0 Å². The normalized spacial score (nSPS) is 11.4. The summed E-state index contributed by atoms with van der Waals surface area (Å²) in [5.74, 6) is 0.431. The molecular formula is C21H21FN4O. The molecule has 138 valence electrons. The van der Waals surface area contributed by atoms with Crippen molar-refractivity contribution in [3.63, 3.8) is 0 Å². The van der Waals surface area contributed by atoms with Crippen LogP contribution in [0.4, 0.5) is 4.39 Å². The predicted octanol–water partition coefficient (Wildman–Crippen LogP) is 4.09. The summed E-state index contributed by atoms with van der Waals surface area (Å²) >= 11 is 0. The third-order valence-corrected chi connectivity index (χ3v) is 4.86. The van der Waals surface area contributed by atoms with Gasteiger partial charge in [-0.3, -0.25) is 4.79 Å². The zero-order valence-corrected chi connectivity index (χ0v) is 15.3. The Hall–Kier alpha value is -3.15. The van der Waals surface area contributed by atoms with E-state index in [9.17, 15) is 9.18 Å². The third-order valence-electron chi connectivity index (χ3n) is 4.86. The first-order valence-electron chi connectivity index (χ1n) is 9.02. The Morgan fingerprint density at radius 3 is 2.89 bits per heavy atom. The number of nitrogens with one attached hydrogen (secondary N) is 2. The Morgan fingerprint density at radius 2 is 2.04 bits per heavy atom. The van der Waals surface area contributed by atoms with Crippen LogP contribution in [0.2, 0.25) is 0 Å². The standard InChI is InChI=1S/C21H21FN4O/c1-13-20(16-12-15(22)8-9-17(16)24-13)21(27)23-10-5-11-26-14(2)25-18-6-3-4-7-19(18)26/h3-4,6-9,12,24H,5,10-11H2,1-2H3,(H,23,27). The van der Waals surface area contributed by atoms with Crippen molar-refractivity contribution < 1.29 is 9.18 Å². The molecule has 0 radical (unpaired) electrons. The van der Waals surface area contributed by atoms with Gasteiger partial charge in [-0.15, -0.1) is 0 Å². The number of nitrogens with zero attached hydrogens (tertiary/aromatic N) is 2.